The van der Waals surface area contributed by atoms with Crippen LogP contribution in [0.3, 0.4) is 0 Å². The molecule has 0 aliphatic carbocycles. The highest BCUT2D eigenvalue weighted by Crippen LogP contribution is 2.37. The van der Waals surface area contributed by atoms with Gasteiger partial charge in [0.25, 0.3) is 0 Å². The lowest BCUT2D eigenvalue weighted by Crippen LogP contribution is -2.37. The van der Waals surface area contributed by atoms with Crippen molar-refractivity contribution in [3.05, 3.63) is 31.5 Å². The van der Waals surface area contributed by atoms with E-state index in [9.17, 15) is 0 Å². The topological polar surface area (TPSA) is 16.1 Å². The number of rotatable bonds is 1. The number of halogens is 3. The van der Waals surface area contributed by atoms with Crippen LogP contribution in [0, 0.1) is 3.57 Å². The number of nitrogens with zero attached hydrogens (tertiary/aromatic N) is 2. The summed E-state index contributed by atoms with van der Waals surface area (Å²) in [6.45, 7) is 2.26. The van der Waals surface area contributed by atoms with Crippen molar-refractivity contribution in [2.45, 2.75) is 6.42 Å². The van der Waals surface area contributed by atoms with E-state index in [1.54, 1.807) is 0 Å². The van der Waals surface area contributed by atoms with Crippen LogP contribution in [-0.2, 0) is 0 Å². The van der Waals surface area contributed by atoms with Gasteiger partial charge in [0.1, 0.15) is 5.15 Å². The Morgan fingerprint density at radius 1 is 1.29 bits per heavy atom. The van der Waals surface area contributed by atoms with Crippen molar-refractivity contribution in [1.29, 1.82) is 0 Å². The first kappa shape index (κ1) is 12.0. The Morgan fingerprint density at radius 3 is 2.71 bits per heavy atom. The lowest BCUT2D eigenvalue weighted by Gasteiger charge is -2.34. The summed E-state index contributed by atoms with van der Waals surface area (Å²) in [4.78, 5) is 6.57. The zero-order valence-corrected chi connectivity index (χ0v) is 13.4. The first-order valence-electron chi connectivity index (χ1n) is 5.35. The van der Waals surface area contributed by atoms with Crippen LogP contribution in [0.4, 0.5) is 5.69 Å². The van der Waals surface area contributed by atoms with Crippen LogP contribution >= 0.6 is 50.1 Å². The highest BCUT2D eigenvalue weighted by Gasteiger charge is 2.19. The molecule has 5 heteroatoms. The van der Waals surface area contributed by atoms with Gasteiger partial charge in [0.15, 0.2) is 0 Å². The second-order valence-corrected chi connectivity index (χ2v) is 6.41. The fourth-order valence-corrected chi connectivity index (χ4v) is 3.21. The second kappa shape index (κ2) is 4.55. The van der Waals surface area contributed by atoms with E-state index in [4.69, 9.17) is 11.6 Å². The minimum Gasteiger partial charge on any atom is -0.371 e. The van der Waals surface area contributed by atoms with Gasteiger partial charge in [-0.2, -0.15) is 0 Å². The van der Waals surface area contributed by atoms with Gasteiger partial charge in [0.05, 0.1) is 0 Å². The normalized spacial score (nSPS) is 15.1. The lowest BCUT2D eigenvalue weighted by molar-refractivity contribution is 0.619. The molecule has 2 nitrogen and oxygen atoms in total. The van der Waals surface area contributed by atoms with Gasteiger partial charge in [-0.1, -0.05) is 11.6 Å². The first-order valence-corrected chi connectivity index (χ1v) is 7.60. The molecule has 2 aromatic rings. The Balaban J connectivity index is 2.31. The van der Waals surface area contributed by atoms with Gasteiger partial charge in [-0.3, -0.25) is 0 Å². The minimum absolute atomic E-state index is 0.545. The number of fused-ring (bicyclic) bond motifs is 1. The van der Waals surface area contributed by atoms with Gasteiger partial charge < -0.3 is 4.90 Å². The van der Waals surface area contributed by atoms with Crippen molar-refractivity contribution in [2.24, 2.45) is 0 Å². The minimum atomic E-state index is 0.545. The number of hydrogen-bond donors (Lipinski definition) is 0. The lowest BCUT2D eigenvalue weighted by atomic mass is 10.1. The van der Waals surface area contributed by atoms with Gasteiger partial charge in [-0.05, 0) is 57.1 Å². The number of hydrogen-bond acceptors (Lipinski definition) is 2. The van der Waals surface area contributed by atoms with E-state index in [2.05, 4.69) is 54.5 Å². The fraction of sp³-hybridized carbons (Fsp3) is 0.250. The van der Waals surface area contributed by atoms with E-state index in [0.717, 1.165) is 17.6 Å². The highest BCUT2D eigenvalue weighted by atomic mass is 127. The number of benzene rings is 1. The molecular weight excluding hydrogens is 414 g/mol. The summed E-state index contributed by atoms with van der Waals surface area (Å²) in [5.41, 5.74) is 1.25. The number of pyridine rings is 1. The first-order chi connectivity index (χ1) is 8.16. The summed E-state index contributed by atoms with van der Waals surface area (Å²) >= 11 is 11.9. The van der Waals surface area contributed by atoms with Crippen LogP contribution in [0.15, 0.2) is 22.8 Å². The van der Waals surface area contributed by atoms with Gasteiger partial charge in [-0.25, -0.2) is 4.98 Å². The molecule has 17 heavy (non-hydrogen) atoms. The third-order valence-electron chi connectivity index (χ3n) is 3.05. The highest BCUT2D eigenvalue weighted by molar-refractivity contribution is 14.1. The van der Waals surface area contributed by atoms with Crippen molar-refractivity contribution < 1.29 is 0 Å². The maximum Gasteiger partial charge on any atom is 0.129 e. The number of anilines is 1. The molecule has 1 aromatic carbocycles. The van der Waals surface area contributed by atoms with Crippen molar-refractivity contribution in [3.8, 4) is 0 Å². The molecule has 0 unspecified atom stereocenters. The summed E-state index contributed by atoms with van der Waals surface area (Å²) in [6.07, 6.45) is 3.14. The zero-order valence-electron chi connectivity index (χ0n) is 8.88. The molecule has 0 amide bonds. The summed E-state index contributed by atoms with van der Waals surface area (Å²) in [6, 6.07) is 4.12. The average Bonchev–Trinajstić information content (AvgIpc) is 2.23. The van der Waals surface area contributed by atoms with E-state index < -0.39 is 0 Å². The quantitative estimate of drug-likeness (QED) is 0.497. The smallest absolute Gasteiger partial charge is 0.129 e. The van der Waals surface area contributed by atoms with Crippen molar-refractivity contribution in [1.82, 2.24) is 4.98 Å². The molecule has 0 spiro atoms. The van der Waals surface area contributed by atoms with Crippen LogP contribution in [0.5, 0.6) is 0 Å². The predicted octanol–water partition coefficient (Wildman–Crippen LogP) is 4.47. The molecule has 1 fully saturated rings. The van der Waals surface area contributed by atoms with Crippen LogP contribution in [-0.4, -0.2) is 18.1 Å². The molecule has 1 aromatic heterocycles. The van der Waals surface area contributed by atoms with Crippen LogP contribution in [0.25, 0.3) is 10.8 Å². The third-order valence-corrected chi connectivity index (χ3v) is 5.79. The Morgan fingerprint density at radius 2 is 2.06 bits per heavy atom. The molecule has 2 heterocycles. The largest absolute Gasteiger partial charge is 0.371 e. The molecule has 1 aliphatic heterocycles. The van der Waals surface area contributed by atoms with Crippen molar-refractivity contribution in [3.63, 3.8) is 0 Å². The fourth-order valence-electron chi connectivity index (χ4n) is 2.02. The van der Waals surface area contributed by atoms with Crippen LogP contribution in [0.2, 0.25) is 5.15 Å². The maximum absolute atomic E-state index is 5.98. The molecule has 0 atom stereocenters. The van der Waals surface area contributed by atoms with Crippen molar-refractivity contribution >= 4 is 66.6 Å². The molecule has 0 N–H and O–H groups in total. The molecule has 3 rings (SSSR count). The monoisotopic (exact) mass is 422 g/mol. The van der Waals surface area contributed by atoms with Gasteiger partial charge in [0, 0.05) is 43.8 Å². The Bertz CT molecular complexity index is 599. The Kier molecular flexibility index (Phi) is 3.21. The summed E-state index contributed by atoms with van der Waals surface area (Å²) < 4.78 is 2.31. The molecule has 1 saturated heterocycles. The Hall–Kier alpha value is -0.0700. The van der Waals surface area contributed by atoms with Crippen LogP contribution in [0.1, 0.15) is 6.42 Å². The summed E-state index contributed by atoms with van der Waals surface area (Å²) in [7, 11) is 0. The SMILES string of the molecule is Clc1cc2c(I)c(Br)cc(N3CCC3)c2cn1. The molecule has 0 bridgehead atoms. The molecule has 0 radical (unpaired) electrons. The van der Waals surface area contributed by atoms with Gasteiger partial charge >= 0.3 is 0 Å². The average molecular weight is 423 g/mol. The summed E-state index contributed by atoms with van der Waals surface area (Å²) in [5.74, 6) is 0. The molecule has 0 saturated carbocycles. The van der Waals surface area contributed by atoms with E-state index in [1.807, 2.05) is 12.3 Å². The standard InChI is InChI=1S/C12H9BrClIN2/c13-9-5-10(17-2-1-3-17)8-6-16-11(14)4-7(8)12(9)15/h4-6H,1-3H2. The maximum atomic E-state index is 5.98. The molecular formula is C12H9BrClIN2. The van der Waals surface area contributed by atoms with E-state index >= 15 is 0 Å². The summed E-state index contributed by atoms with van der Waals surface area (Å²) in [5, 5.41) is 2.90. The Labute approximate surface area is 127 Å². The molecule has 88 valence electrons. The van der Waals surface area contributed by atoms with Crippen molar-refractivity contribution in [2.75, 3.05) is 18.0 Å². The van der Waals surface area contributed by atoms with E-state index in [0.29, 0.717) is 5.15 Å². The van der Waals surface area contributed by atoms with E-state index in [-0.39, 0.29) is 0 Å². The van der Waals surface area contributed by atoms with E-state index in [1.165, 1.54) is 26.5 Å². The zero-order chi connectivity index (χ0) is 12.0. The van der Waals surface area contributed by atoms with Gasteiger partial charge in [0.2, 0.25) is 0 Å². The third kappa shape index (κ3) is 2.04. The number of aromatic nitrogens is 1. The van der Waals surface area contributed by atoms with Crippen LogP contribution < -0.4 is 4.90 Å². The molecule has 1 aliphatic rings. The predicted molar refractivity (Wildman–Crippen MR) is 84.0 cm³/mol. The van der Waals surface area contributed by atoms with Gasteiger partial charge in [-0.15, -0.1) is 0 Å². The second-order valence-electron chi connectivity index (χ2n) is 4.08.